The van der Waals surface area contributed by atoms with Crippen molar-refractivity contribution in [3.8, 4) is 0 Å². The highest BCUT2D eigenvalue weighted by atomic mass is 32.2. The van der Waals surface area contributed by atoms with E-state index >= 15 is 0 Å². The molecule has 1 N–H and O–H groups in total. The second kappa shape index (κ2) is 10.1. The molecule has 2 heterocycles. The van der Waals surface area contributed by atoms with Crippen molar-refractivity contribution in [2.24, 2.45) is 5.92 Å². The molecule has 0 atom stereocenters. The number of carbonyl (C=O) groups excluding carboxylic acids is 1. The van der Waals surface area contributed by atoms with Gasteiger partial charge in [0.25, 0.3) is 10.0 Å². The van der Waals surface area contributed by atoms with Gasteiger partial charge >= 0.3 is 0 Å². The summed E-state index contributed by atoms with van der Waals surface area (Å²) in [5.41, 5.74) is 2.81. The van der Waals surface area contributed by atoms with Gasteiger partial charge in [-0.3, -0.25) is 4.79 Å². The van der Waals surface area contributed by atoms with Gasteiger partial charge < -0.3 is 10.2 Å². The van der Waals surface area contributed by atoms with Crippen molar-refractivity contribution in [3.63, 3.8) is 0 Å². The lowest BCUT2D eigenvalue weighted by Crippen LogP contribution is -2.46. The van der Waals surface area contributed by atoms with E-state index in [1.54, 1.807) is 17.5 Å². The van der Waals surface area contributed by atoms with Gasteiger partial charge in [0.15, 0.2) is 0 Å². The molecule has 8 heteroatoms. The quantitative estimate of drug-likeness (QED) is 0.493. The molecule has 1 aliphatic rings. The fraction of sp³-hybridized carbons (Fsp3) is 0.320. The lowest BCUT2D eigenvalue weighted by atomic mass is 9.95. The molecular weight excluding hydrogens is 454 g/mol. The largest absolute Gasteiger partial charge is 0.356 e. The van der Waals surface area contributed by atoms with Gasteiger partial charge in [0.2, 0.25) is 5.91 Å². The van der Waals surface area contributed by atoms with Crippen LogP contribution in [-0.2, 0) is 14.8 Å². The summed E-state index contributed by atoms with van der Waals surface area (Å²) in [5, 5.41) is 5.13. The van der Waals surface area contributed by atoms with E-state index in [0.717, 1.165) is 17.1 Å². The van der Waals surface area contributed by atoms with E-state index in [-0.39, 0.29) is 17.9 Å². The van der Waals surface area contributed by atoms with E-state index in [2.05, 4.69) is 5.32 Å². The first-order valence-corrected chi connectivity index (χ1v) is 13.5. The molecular formula is C25H29N3O3S2. The number of rotatable bonds is 7. The van der Waals surface area contributed by atoms with E-state index in [1.165, 1.54) is 15.6 Å². The summed E-state index contributed by atoms with van der Waals surface area (Å²) in [6.07, 6.45) is 1.06. The number of piperidine rings is 1. The number of nitrogens with zero attached hydrogens (tertiary/aromatic N) is 2. The first-order chi connectivity index (χ1) is 15.9. The van der Waals surface area contributed by atoms with Crippen molar-refractivity contribution in [1.82, 2.24) is 4.31 Å². The highest BCUT2D eigenvalue weighted by Gasteiger charge is 2.35. The van der Waals surface area contributed by atoms with Gasteiger partial charge in [-0.1, -0.05) is 24.3 Å². The third-order valence-electron chi connectivity index (χ3n) is 5.85. The maximum atomic E-state index is 13.4. The maximum absolute atomic E-state index is 13.4. The second-order valence-electron chi connectivity index (χ2n) is 8.45. The van der Waals surface area contributed by atoms with Crippen LogP contribution in [0.2, 0.25) is 0 Å². The Morgan fingerprint density at radius 2 is 1.61 bits per heavy atom. The van der Waals surface area contributed by atoms with Gasteiger partial charge in [-0.15, -0.1) is 11.3 Å². The first-order valence-electron chi connectivity index (χ1n) is 11.1. The van der Waals surface area contributed by atoms with Crippen LogP contribution in [0.15, 0.2) is 76.3 Å². The molecule has 2 aromatic carbocycles. The third kappa shape index (κ3) is 5.29. The highest BCUT2D eigenvalue weighted by molar-refractivity contribution is 7.91. The van der Waals surface area contributed by atoms with Crippen LogP contribution < -0.4 is 10.2 Å². The monoisotopic (exact) mass is 483 g/mol. The van der Waals surface area contributed by atoms with Crippen molar-refractivity contribution in [1.29, 1.82) is 0 Å². The average molecular weight is 484 g/mol. The van der Waals surface area contributed by atoms with Crippen LogP contribution in [0.1, 0.15) is 26.7 Å². The van der Waals surface area contributed by atoms with Gasteiger partial charge in [-0.05, 0) is 74.5 Å². The predicted octanol–water partition coefficient (Wildman–Crippen LogP) is 5.33. The smallest absolute Gasteiger partial charge is 0.252 e. The fourth-order valence-corrected chi connectivity index (χ4v) is 6.76. The normalized spacial score (nSPS) is 15.5. The zero-order valence-electron chi connectivity index (χ0n) is 18.8. The van der Waals surface area contributed by atoms with Crippen molar-refractivity contribution < 1.29 is 13.2 Å². The summed E-state index contributed by atoms with van der Waals surface area (Å²) in [5.74, 6) is -0.133. The summed E-state index contributed by atoms with van der Waals surface area (Å²) in [4.78, 5) is 15.3. The summed E-state index contributed by atoms with van der Waals surface area (Å²) in [6.45, 7) is 4.74. The SMILES string of the molecule is CC(C)N(C(=O)C1CCN(S(=O)(=O)c2cccs2)CC1)c1ccc(Nc2ccccc2)cc1. The summed E-state index contributed by atoms with van der Waals surface area (Å²) >= 11 is 1.23. The molecule has 0 saturated carbocycles. The van der Waals surface area contributed by atoms with Crippen molar-refractivity contribution in [3.05, 3.63) is 72.1 Å². The minimum absolute atomic E-state index is 0.00156. The lowest BCUT2D eigenvalue weighted by Gasteiger charge is -2.35. The molecule has 1 aliphatic heterocycles. The van der Waals surface area contributed by atoms with E-state index in [0.29, 0.717) is 30.1 Å². The van der Waals surface area contributed by atoms with Crippen LogP contribution in [0.4, 0.5) is 17.1 Å². The Kier molecular flexibility index (Phi) is 7.17. The number of hydrogen-bond donors (Lipinski definition) is 1. The van der Waals surface area contributed by atoms with Crippen molar-refractivity contribution >= 4 is 44.3 Å². The first kappa shape index (κ1) is 23.5. The number of thiophene rings is 1. The molecule has 33 heavy (non-hydrogen) atoms. The zero-order valence-corrected chi connectivity index (χ0v) is 20.5. The number of nitrogens with one attached hydrogen (secondary N) is 1. The van der Waals surface area contributed by atoms with E-state index in [9.17, 15) is 13.2 Å². The number of carbonyl (C=O) groups is 1. The van der Waals surface area contributed by atoms with Gasteiger partial charge in [-0.2, -0.15) is 4.31 Å². The number of anilines is 3. The molecule has 1 amide bonds. The van der Waals surface area contributed by atoms with Crippen LogP contribution in [0.5, 0.6) is 0 Å². The molecule has 3 aromatic rings. The van der Waals surface area contributed by atoms with Crippen LogP contribution >= 0.6 is 11.3 Å². The van der Waals surface area contributed by atoms with Gasteiger partial charge in [0, 0.05) is 42.1 Å². The number of amides is 1. The summed E-state index contributed by atoms with van der Waals surface area (Å²) in [7, 11) is -3.47. The minimum atomic E-state index is -3.47. The molecule has 4 rings (SSSR count). The third-order valence-corrected chi connectivity index (χ3v) is 9.13. The molecule has 174 valence electrons. The van der Waals surface area contributed by atoms with Gasteiger partial charge in [0.05, 0.1) is 0 Å². The molecule has 1 aromatic heterocycles. The summed E-state index contributed by atoms with van der Waals surface area (Å²) in [6, 6.07) is 21.2. The second-order valence-corrected chi connectivity index (χ2v) is 11.6. The fourth-order valence-electron chi connectivity index (χ4n) is 4.15. The number of para-hydroxylation sites is 1. The maximum Gasteiger partial charge on any atom is 0.252 e. The number of benzene rings is 2. The van der Waals surface area contributed by atoms with E-state index in [4.69, 9.17) is 0 Å². The van der Waals surface area contributed by atoms with Crippen LogP contribution in [-0.4, -0.2) is 37.8 Å². The molecule has 1 fully saturated rings. The predicted molar refractivity (Wildman–Crippen MR) is 135 cm³/mol. The molecule has 0 aliphatic carbocycles. The van der Waals surface area contributed by atoms with Gasteiger partial charge in [0.1, 0.15) is 4.21 Å². The average Bonchev–Trinajstić information content (AvgIpc) is 3.37. The van der Waals surface area contributed by atoms with Crippen LogP contribution in [0, 0.1) is 5.92 Å². The van der Waals surface area contributed by atoms with Crippen LogP contribution in [0.25, 0.3) is 0 Å². The lowest BCUT2D eigenvalue weighted by molar-refractivity contribution is -0.123. The molecule has 6 nitrogen and oxygen atoms in total. The molecule has 1 saturated heterocycles. The Morgan fingerprint density at radius 1 is 0.970 bits per heavy atom. The summed E-state index contributed by atoms with van der Waals surface area (Å²) < 4.78 is 27.4. The highest BCUT2D eigenvalue weighted by Crippen LogP contribution is 2.30. The van der Waals surface area contributed by atoms with E-state index in [1.807, 2.05) is 73.3 Å². The Labute approximate surface area is 199 Å². The van der Waals surface area contributed by atoms with Crippen molar-refractivity contribution in [2.45, 2.75) is 36.9 Å². The molecule has 0 unspecified atom stereocenters. The van der Waals surface area contributed by atoms with Crippen LogP contribution in [0.3, 0.4) is 0 Å². The Balaban J connectivity index is 1.43. The zero-order chi connectivity index (χ0) is 23.4. The number of sulfonamides is 1. The van der Waals surface area contributed by atoms with E-state index < -0.39 is 10.0 Å². The Bertz CT molecular complexity index is 1150. The Hall–Kier alpha value is -2.68. The topological polar surface area (TPSA) is 69.7 Å². The standard InChI is InChI=1S/C25H29N3O3S2/c1-19(2)28(23-12-10-22(11-13-23)26-21-7-4-3-5-8-21)25(29)20-14-16-27(17-15-20)33(30,31)24-9-6-18-32-24/h3-13,18-20,26H,14-17H2,1-2H3. The number of hydrogen-bond acceptors (Lipinski definition) is 5. The minimum Gasteiger partial charge on any atom is -0.356 e. The van der Waals surface area contributed by atoms with Gasteiger partial charge in [-0.25, -0.2) is 8.42 Å². The molecule has 0 spiro atoms. The van der Waals surface area contributed by atoms with Crippen molar-refractivity contribution in [2.75, 3.05) is 23.3 Å². The molecule has 0 radical (unpaired) electrons. The Morgan fingerprint density at radius 3 is 2.18 bits per heavy atom. The molecule has 0 bridgehead atoms.